The Labute approximate surface area is 181 Å². The minimum atomic E-state index is -0.933. The molecule has 1 saturated carbocycles. The van der Waals surface area contributed by atoms with E-state index >= 15 is 0 Å². The molecule has 1 heterocycles. The van der Waals surface area contributed by atoms with Gasteiger partial charge in [0, 0.05) is 11.7 Å². The molecular weight excluding hydrogens is 394 g/mol. The van der Waals surface area contributed by atoms with Crippen LogP contribution in [-0.4, -0.2) is 46.1 Å². The lowest BCUT2D eigenvalue weighted by Crippen LogP contribution is -2.46. The summed E-state index contributed by atoms with van der Waals surface area (Å²) >= 11 is 0. The maximum atomic E-state index is 12.8. The lowest BCUT2D eigenvalue weighted by atomic mass is 9.85. The van der Waals surface area contributed by atoms with Crippen molar-refractivity contribution < 1.29 is 19.2 Å². The fourth-order valence-corrected chi connectivity index (χ4v) is 4.36. The number of carbonyl (C=O) groups excluding carboxylic acids is 4. The van der Waals surface area contributed by atoms with Crippen LogP contribution in [-0.2, 0) is 14.4 Å². The zero-order valence-electron chi connectivity index (χ0n) is 17.4. The lowest BCUT2D eigenvalue weighted by molar-refractivity contribution is -0.145. The molecule has 0 spiro atoms. The number of urea groups is 1. The van der Waals surface area contributed by atoms with Crippen molar-refractivity contribution in [3.05, 3.63) is 54.6 Å². The fraction of sp³-hybridized carbons (Fsp3) is 0.333. The highest BCUT2D eigenvalue weighted by Crippen LogP contribution is 2.31. The van der Waals surface area contributed by atoms with Gasteiger partial charge in [-0.2, -0.15) is 0 Å². The molecule has 2 aromatic carbocycles. The molecule has 0 unspecified atom stereocenters. The quantitative estimate of drug-likeness (QED) is 0.592. The summed E-state index contributed by atoms with van der Waals surface area (Å²) in [5.74, 6) is -2.15. The molecule has 2 atom stereocenters. The summed E-state index contributed by atoms with van der Waals surface area (Å²) < 4.78 is 0. The highest BCUT2D eigenvalue weighted by Gasteiger charge is 2.49. The minimum Gasteiger partial charge on any atom is -0.325 e. The van der Waals surface area contributed by atoms with Crippen LogP contribution in [0.15, 0.2) is 54.6 Å². The van der Waals surface area contributed by atoms with Crippen LogP contribution in [0.3, 0.4) is 0 Å². The van der Waals surface area contributed by atoms with Gasteiger partial charge in [0.25, 0.3) is 0 Å². The first-order valence-corrected chi connectivity index (χ1v) is 10.6. The molecule has 160 valence electrons. The first-order valence-electron chi connectivity index (χ1n) is 10.6. The van der Waals surface area contributed by atoms with Crippen LogP contribution in [0.2, 0.25) is 0 Å². The first kappa shape index (κ1) is 20.8. The molecule has 1 aliphatic carbocycles. The van der Waals surface area contributed by atoms with E-state index in [1.165, 1.54) is 0 Å². The SMILES string of the molecule is C[C@H]1CCCC[C@H]1N1C(=O)C(=O)N(CC(=O)Nc2ccc(-c3ccccc3)cc2)C1=O. The fourth-order valence-electron chi connectivity index (χ4n) is 4.36. The van der Waals surface area contributed by atoms with Crippen molar-refractivity contribution in [1.82, 2.24) is 9.80 Å². The van der Waals surface area contributed by atoms with Gasteiger partial charge in [-0.25, -0.2) is 9.69 Å². The average Bonchev–Trinajstić information content (AvgIpc) is 2.98. The van der Waals surface area contributed by atoms with Crippen molar-refractivity contribution in [3.8, 4) is 11.1 Å². The van der Waals surface area contributed by atoms with Crippen molar-refractivity contribution in [1.29, 1.82) is 0 Å². The van der Waals surface area contributed by atoms with Crippen LogP contribution in [0.25, 0.3) is 11.1 Å². The van der Waals surface area contributed by atoms with Crippen LogP contribution < -0.4 is 5.32 Å². The molecule has 5 amide bonds. The Hall–Kier alpha value is -3.48. The molecule has 7 nitrogen and oxygen atoms in total. The Bertz CT molecular complexity index is 1000. The molecule has 31 heavy (non-hydrogen) atoms. The van der Waals surface area contributed by atoms with Crippen LogP contribution in [0, 0.1) is 5.92 Å². The number of carbonyl (C=O) groups is 4. The second-order valence-corrected chi connectivity index (χ2v) is 8.17. The van der Waals surface area contributed by atoms with Crippen molar-refractivity contribution in [3.63, 3.8) is 0 Å². The molecule has 0 radical (unpaired) electrons. The molecule has 4 rings (SSSR count). The van der Waals surface area contributed by atoms with Crippen LogP contribution in [0.1, 0.15) is 32.6 Å². The third-order valence-corrected chi connectivity index (χ3v) is 6.06. The second-order valence-electron chi connectivity index (χ2n) is 8.17. The summed E-state index contributed by atoms with van der Waals surface area (Å²) in [6.45, 7) is 1.50. The summed E-state index contributed by atoms with van der Waals surface area (Å²) in [5.41, 5.74) is 2.61. The monoisotopic (exact) mass is 419 g/mol. The molecular formula is C24H25N3O4. The Balaban J connectivity index is 1.40. The summed E-state index contributed by atoms with van der Waals surface area (Å²) in [6.07, 6.45) is 3.58. The summed E-state index contributed by atoms with van der Waals surface area (Å²) in [4.78, 5) is 51.9. The minimum absolute atomic E-state index is 0.145. The van der Waals surface area contributed by atoms with E-state index in [4.69, 9.17) is 0 Å². The predicted octanol–water partition coefficient (Wildman–Crippen LogP) is 3.66. The van der Waals surface area contributed by atoms with Crippen molar-refractivity contribution in [2.24, 2.45) is 5.92 Å². The third kappa shape index (κ3) is 4.21. The van der Waals surface area contributed by atoms with Gasteiger partial charge < -0.3 is 5.32 Å². The number of hydrogen-bond donors (Lipinski definition) is 1. The normalized spacial score (nSPS) is 21.5. The van der Waals surface area contributed by atoms with Gasteiger partial charge in [0.1, 0.15) is 6.54 Å². The number of amides is 5. The topological polar surface area (TPSA) is 86.8 Å². The van der Waals surface area contributed by atoms with Gasteiger partial charge in [-0.15, -0.1) is 0 Å². The number of hydrogen-bond acceptors (Lipinski definition) is 4. The predicted molar refractivity (Wildman–Crippen MR) is 116 cm³/mol. The van der Waals surface area contributed by atoms with Crippen molar-refractivity contribution in [2.75, 3.05) is 11.9 Å². The van der Waals surface area contributed by atoms with E-state index in [9.17, 15) is 19.2 Å². The number of imide groups is 2. The molecule has 2 fully saturated rings. The standard InChI is InChI=1S/C24H25N3O4/c1-16-7-5-6-10-20(16)27-23(30)22(29)26(24(27)31)15-21(28)25-19-13-11-18(12-14-19)17-8-3-2-4-9-17/h2-4,8-9,11-14,16,20H,5-7,10,15H2,1H3,(H,25,28)/t16-,20+/m0/s1. The molecule has 1 N–H and O–H groups in total. The van der Waals surface area contributed by atoms with E-state index in [1.807, 2.05) is 49.4 Å². The smallest absolute Gasteiger partial charge is 0.325 e. The summed E-state index contributed by atoms with van der Waals surface area (Å²) in [7, 11) is 0. The average molecular weight is 419 g/mol. The maximum absolute atomic E-state index is 12.8. The van der Waals surface area contributed by atoms with Gasteiger partial charge in [-0.3, -0.25) is 19.3 Å². The van der Waals surface area contributed by atoms with E-state index in [-0.39, 0.29) is 12.0 Å². The first-order chi connectivity index (χ1) is 15.0. The van der Waals surface area contributed by atoms with Crippen molar-refractivity contribution >= 4 is 29.4 Å². The van der Waals surface area contributed by atoms with Crippen LogP contribution in [0.5, 0.6) is 0 Å². The molecule has 0 aromatic heterocycles. The summed E-state index contributed by atoms with van der Waals surface area (Å²) in [5, 5.41) is 2.69. The number of benzene rings is 2. The van der Waals surface area contributed by atoms with Gasteiger partial charge in [0.05, 0.1) is 0 Å². The highest BCUT2D eigenvalue weighted by molar-refractivity contribution is 6.45. The molecule has 2 aliphatic rings. The molecule has 7 heteroatoms. The van der Waals surface area contributed by atoms with Gasteiger partial charge in [0.2, 0.25) is 5.91 Å². The van der Waals surface area contributed by atoms with Crippen LogP contribution in [0.4, 0.5) is 10.5 Å². The van der Waals surface area contributed by atoms with E-state index in [0.29, 0.717) is 12.1 Å². The highest BCUT2D eigenvalue weighted by atomic mass is 16.2. The van der Waals surface area contributed by atoms with E-state index < -0.39 is 30.3 Å². The van der Waals surface area contributed by atoms with Gasteiger partial charge in [-0.1, -0.05) is 62.2 Å². The van der Waals surface area contributed by atoms with E-state index in [0.717, 1.165) is 40.2 Å². The maximum Gasteiger partial charge on any atom is 0.334 e. The Morgan fingerprint density at radius 3 is 2.23 bits per heavy atom. The summed E-state index contributed by atoms with van der Waals surface area (Å²) in [6, 6.07) is 16.1. The zero-order valence-corrected chi connectivity index (χ0v) is 17.4. The molecule has 1 saturated heterocycles. The van der Waals surface area contributed by atoms with Gasteiger partial charge in [-0.05, 0) is 42.0 Å². The molecule has 0 bridgehead atoms. The third-order valence-electron chi connectivity index (χ3n) is 6.06. The largest absolute Gasteiger partial charge is 0.334 e. The van der Waals surface area contributed by atoms with E-state index in [2.05, 4.69) is 5.32 Å². The van der Waals surface area contributed by atoms with E-state index in [1.54, 1.807) is 12.1 Å². The zero-order chi connectivity index (χ0) is 22.0. The Morgan fingerprint density at radius 1 is 0.903 bits per heavy atom. The molecule has 1 aliphatic heterocycles. The Kier molecular flexibility index (Phi) is 5.84. The number of nitrogens with one attached hydrogen (secondary N) is 1. The molecule has 2 aromatic rings. The Morgan fingerprint density at radius 2 is 1.55 bits per heavy atom. The van der Waals surface area contributed by atoms with Crippen molar-refractivity contribution in [2.45, 2.75) is 38.6 Å². The lowest BCUT2D eigenvalue weighted by Gasteiger charge is -2.34. The number of nitrogens with zero attached hydrogens (tertiary/aromatic N) is 2. The van der Waals surface area contributed by atoms with Gasteiger partial charge >= 0.3 is 17.8 Å². The van der Waals surface area contributed by atoms with Crippen LogP contribution >= 0.6 is 0 Å². The number of rotatable bonds is 5. The second kappa shape index (κ2) is 8.71. The van der Waals surface area contributed by atoms with Gasteiger partial charge in [0.15, 0.2) is 0 Å². The number of anilines is 1.